The number of rotatable bonds is 5. The van der Waals surface area contributed by atoms with E-state index in [0.29, 0.717) is 11.8 Å². The van der Waals surface area contributed by atoms with Gasteiger partial charge in [-0.05, 0) is 30.4 Å². The number of nitrogens with one attached hydrogen (secondary N) is 1. The van der Waals surface area contributed by atoms with E-state index in [1.807, 2.05) is 0 Å². The number of carbonyl (C=O) groups is 2. The molecule has 2 rings (SSSR count). The first-order valence-electron chi connectivity index (χ1n) is 8.26. The lowest BCUT2D eigenvalue weighted by Crippen LogP contribution is -2.45. The minimum absolute atomic E-state index is 0.0261. The van der Waals surface area contributed by atoms with Crippen LogP contribution in [-0.4, -0.2) is 36.7 Å². The molecule has 6 heteroatoms. The number of aromatic hydroxyl groups is 1. The highest BCUT2D eigenvalue weighted by Crippen LogP contribution is 2.30. The molecule has 0 saturated heterocycles. The van der Waals surface area contributed by atoms with Crippen LogP contribution < -0.4 is 10.1 Å². The number of hydrogen-bond acceptors (Lipinski definition) is 5. The van der Waals surface area contributed by atoms with Gasteiger partial charge in [-0.2, -0.15) is 0 Å². The van der Waals surface area contributed by atoms with Gasteiger partial charge in [-0.15, -0.1) is 0 Å². The summed E-state index contributed by atoms with van der Waals surface area (Å²) in [4.78, 5) is 24.1. The van der Waals surface area contributed by atoms with Gasteiger partial charge in [-0.3, -0.25) is 4.79 Å². The van der Waals surface area contributed by atoms with Gasteiger partial charge >= 0.3 is 5.97 Å². The molecule has 6 nitrogen and oxygen atoms in total. The Hall–Kier alpha value is -2.24. The molecular weight excluding hydrogens is 310 g/mol. The zero-order valence-electron chi connectivity index (χ0n) is 14.4. The van der Waals surface area contributed by atoms with Gasteiger partial charge in [0, 0.05) is 6.04 Å². The van der Waals surface area contributed by atoms with Crippen LogP contribution in [0.5, 0.6) is 11.5 Å². The van der Waals surface area contributed by atoms with E-state index >= 15 is 0 Å². The highest BCUT2D eigenvalue weighted by atomic mass is 16.5. The molecule has 1 fully saturated rings. The maximum Gasteiger partial charge on any atom is 0.342 e. The average molecular weight is 335 g/mol. The van der Waals surface area contributed by atoms with Gasteiger partial charge in [0.25, 0.3) is 5.91 Å². The number of phenolic OH excluding ortho intramolecular Hbond substituents is 1. The Kier molecular flexibility index (Phi) is 6.06. The lowest BCUT2D eigenvalue weighted by Gasteiger charge is -2.34. The second-order valence-corrected chi connectivity index (χ2v) is 6.37. The van der Waals surface area contributed by atoms with Crippen LogP contribution in [0.15, 0.2) is 18.2 Å². The summed E-state index contributed by atoms with van der Waals surface area (Å²) in [6, 6.07) is 4.64. The second-order valence-electron chi connectivity index (χ2n) is 6.37. The molecule has 1 amide bonds. The first-order valence-corrected chi connectivity index (χ1v) is 8.26. The van der Waals surface area contributed by atoms with Crippen LogP contribution in [-0.2, 0) is 9.53 Å². The summed E-state index contributed by atoms with van der Waals surface area (Å²) in [5.41, 5.74) is -0.0261. The maximum atomic E-state index is 12.0. The van der Waals surface area contributed by atoms with Crippen molar-refractivity contribution in [2.24, 2.45) is 11.8 Å². The number of ether oxygens (including phenoxy) is 2. The molecule has 1 aliphatic carbocycles. The van der Waals surface area contributed by atoms with Gasteiger partial charge in [0.1, 0.15) is 5.56 Å². The van der Waals surface area contributed by atoms with E-state index in [1.54, 1.807) is 6.07 Å². The number of para-hydroxylation sites is 1. The molecule has 24 heavy (non-hydrogen) atoms. The van der Waals surface area contributed by atoms with Crippen LogP contribution in [0.4, 0.5) is 0 Å². The molecule has 0 aliphatic heterocycles. The molecule has 1 aliphatic rings. The second kappa shape index (κ2) is 8.04. The molecule has 1 aromatic carbocycles. The Morgan fingerprint density at radius 3 is 2.75 bits per heavy atom. The van der Waals surface area contributed by atoms with Crippen molar-refractivity contribution < 1.29 is 24.2 Å². The van der Waals surface area contributed by atoms with Crippen molar-refractivity contribution in [3.63, 3.8) is 0 Å². The number of amides is 1. The molecule has 0 spiro atoms. The molecule has 0 unspecified atom stereocenters. The van der Waals surface area contributed by atoms with E-state index in [9.17, 15) is 14.7 Å². The topological polar surface area (TPSA) is 84.9 Å². The Morgan fingerprint density at radius 1 is 1.29 bits per heavy atom. The van der Waals surface area contributed by atoms with Crippen molar-refractivity contribution in [3.8, 4) is 11.5 Å². The first-order chi connectivity index (χ1) is 11.4. The van der Waals surface area contributed by atoms with Gasteiger partial charge < -0.3 is 19.9 Å². The van der Waals surface area contributed by atoms with Crippen LogP contribution in [0.25, 0.3) is 0 Å². The summed E-state index contributed by atoms with van der Waals surface area (Å²) in [5.74, 6) is -0.219. The van der Waals surface area contributed by atoms with Crippen molar-refractivity contribution in [1.29, 1.82) is 0 Å². The summed E-state index contributed by atoms with van der Waals surface area (Å²) >= 11 is 0. The fraction of sp³-hybridized carbons (Fsp3) is 0.556. The molecule has 132 valence electrons. The van der Waals surface area contributed by atoms with E-state index < -0.39 is 5.97 Å². The standard InChI is InChI=1S/C18H25NO5/c1-11-6-4-8-14(12(11)2)19-16(20)10-24-18(22)13-7-5-9-15(23-3)17(13)21/h5,7,9,11-12,14,21H,4,6,8,10H2,1-3H3,(H,19,20)/t11-,12-,14+/m0/s1. The number of methoxy groups -OCH3 is 1. The smallest absolute Gasteiger partial charge is 0.342 e. The highest BCUT2D eigenvalue weighted by molar-refractivity contribution is 5.94. The minimum Gasteiger partial charge on any atom is -0.504 e. The average Bonchev–Trinajstić information content (AvgIpc) is 2.57. The minimum atomic E-state index is -0.758. The summed E-state index contributed by atoms with van der Waals surface area (Å²) < 4.78 is 9.95. The molecule has 2 N–H and O–H groups in total. The zero-order chi connectivity index (χ0) is 17.7. The summed E-state index contributed by atoms with van der Waals surface area (Å²) in [7, 11) is 1.39. The number of benzene rings is 1. The summed E-state index contributed by atoms with van der Waals surface area (Å²) in [6.45, 7) is 3.96. The molecule has 0 heterocycles. The monoisotopic (exact) mass is 335 g/mol. The van der Waals surface area contributed by atoms with Crippen molar-refractivity contribution in [2.75, 3.05) is 13.7 Å². The lowest BCUT2D eigenvalue weighted by atomic mass is 9.78. The quantitative estimate of drug-likeness (QED) is 0.808. The van der Waals surface area contributed by atoms with Gasteiger partial charge in [0.2, 0.25) is 0 Å². The van der Waals surface area contributed by atoms with E-state index in [1.165, 1.54) is 25.7 Å². The predicted molar refractivity (Wildman–Crippen MR) is 89.1 cm³/mol. The molecule has 1 saturated carbocycles. The maximum absolute atomic E-state index is 12.0. The third-order valence-electron chi connectivity index (χ3n) is 4.83. The molecule has 3 atom stereocenters. The van der Waals surface area contributed by atoms with Gasteiger partial charge in [0.15, 0.2) is 18.1 Å². The third kappa shape index (κ3) is 4.19. The van der Waals surface area contributed by atoms with Gasteiger partial charge in [0.05, 0.1) is 7.11 Å². The van der Waals surface area contributed by atoms with Crippen molar-refractivity contribution >= 4 is 11.9 Å². The van der Waals surface area contributed by atoms with Crippen LogP contribution in [0.2, 0.25) is 0 Å². The van der Waals surface area contributed by atoms with Crippen molar-refractivity contribution in [1.82, 2.24) is 5.32 Å². The SMILES string of the molecule is COc1cccc(C(=O)OCC(=O)N[C@@H]2CCC[C@H](C)[C@@H]2C)c1O. The largest absolute Gasteiger partial charge is 0.504 e. The zero-order valence-corrected chi connectivity index (χ0v) is 14.4. The van der Waals surface area contributed by atoms with Crippen molar-refractivity contribution in [2.45, 2.75) is 39.2 Å². The Morgan fingerprint density at radius 2 is 2.04 bits per heavy atom. The van der Waals surface area contributed by atoms with E-state index in [0.717, 1.165) is 12.8 Å². The first kappa shape index (κ1) is 18.1. The molecule has 1 aromatic rings. The Balaban J connectivity index is 1.88. The van der Waals surface area contributed by atoms with E-state index in [-0.39, 0.29) is 35.6 Å². The molecule has 0 bridgehead atoms. The summed E-state index contributed by atoms with van der Waals surface area (Å²) in [6.07, 6.45) is 3.22. The predicted octanol–water partition coefficient (Wildman–Crippen LogP) is 2.50. The molecule has 0 aromatic heterocycles. The highest BCUT2D eigenvalue weighted by Gasteiger charge is 2.28. The van der Waals surface area contributed by atoms with E-state index in [2.05, 4.69) is 19.2 Å². The molecular formula is C18H25NO5. The van der Waals surface area contributed by atoms with Gasteiger partial charge in [-0.25, -0.2) is 4.79 Å². The number of phenols is 1. The Labute approximate surface area is 142 Å². The fourth-order valence-electron chi connectivity index (χ4n) is 3.09. The summed E-state index contributed by atoms with van der Waals surface area (Å²) in [5, 5.41) is 12.9. The van der Waals surface area contributed by atoms with Crippen LogP contribution in [0.1, 0.15) is 43.5 Å². The Bertz CT molecular complexity index is 601. The van der Waals surface area contributed by atoms with Crippen molar-refractivity contribution in [3.05, 3.63) is 23.8 Å². The normalized spacial score (nSPS) is 23.4. The number of carbonyl (C=O) groups excluding carboxylic acids is 2. The van der Waals surface area contributed by atoms with Gasteiger partial charge in [-0.1, -0.05) is 32.8 Å². The van der Waals surface area contributed by atoms with E-state index in [4.69, 9.17) is 9.47 Å². The van der Waals surface area contributed by atoms with Crippen LogP contribution in [0, 0.1) is 11.8 Å². The lowest BCUT2D eigenvalue weighted by molar-refractivity contribution is -0.125. The van der Waals surface area contributed by atoms with Crippen LogP contribution >= 0.6 is 0 Å². The third-order valence-corrected chi connectivity index (χ3v) is 4.83. The fourth-order valence-corrected chi connectivity index (χ4v) is 3.09. The number of esters is 1. The van der Waals surface area contributed by atoms with Crippen LogP contribution in [0.3, 0.4) is 0 Å². The molecule has 0 radical (unpaired) electrons. The number of hydrogen-bond donors (Lipinski definition) is 2.